The van der Waals surface area contributed by atoms with Gasteiger partial charge in [-0.15, -0.1) is 0 Å². The highest BCUT2D eigenvalue weighted by Gasteiger charge is 2.17. The standard InChI is InChI=1S/C10H12BrNO4S/c1-6-3-8(11)4-7(2)10(6)12-17(15,16)5-9(13)14/h3-4,12H,5H2,1-2H3,(H,13,14). The molecular weight excluding hydrogens is 310 g/mol. The molecule has 0 fully saturated rings. The largest absolute Gasteiger partial charge is 0.480 e. The van der Waals surface area contributed by atoms with E-state index in [-0.39, 0.29) is 0 Å². The van der Waals surface area contributed by atoms with Crippen LogP contribution in [-0.4, -0.2) is 25.2 Å². The highest BCUT2D eigenvalue weighted by molar-refractivity contribution is 9.10. The highest BCUT2D eigenvalue weighted by Crippen LogP contribution is 2.25. The first-order chi connectivity index (χ1) is 7.71. The molecule has 0 unspecified atom stereocenters. The van der Waals surface area contributed by atoms with Gasteiger partial charge in [0.25, 0.3) is 0 Å². The fourth-order valence-electron chi connectivity index (χ4n) is 1.43. The minimum atomic E-state index is -3.86. The maximum Gasteiger partial charge on any atom is 0.320 e. The van der Waals surface area contributed by atoms with E-state index >= 15 is 0 Å². The Bertz CT molecular complexity index is 530. The van der Waals surface area contributed by atoms with Crippen LogP contribution in [0.2, 0.25) is 0 Å². The van der Waals surface area contributed by atoms with Crippen molar-refractivity contribution in [2.24, 2.45) is 0 Å². The first-order valence-electron chi connectivity index (χ1n) is 4.70. The Labute approximate surface area is 108 Å². The molecule has 0 heterocycles. The highest BCUT2D eigenvalue weighted by atomic mass is 79.9. The molecule has 17 heavy (non-hydrogen) atoms. The molecule has 0 atom stereocenters. The summed E-state index contributed by atoms with van der Waals surface area (Å²) < 4.78 is 26.1. The van der Waals surface area contributed by atoms with Crippen molar-refractivity contribution in [2.45, 2.75) is 13.8 Å². The van der Waals surface area contributed by atoms with Crippen LogP contribution in [0.1, 0.15) is 11.1 Å². The smallest absolute Gasteiger partial charge is 0.320 e. The van der Waals surface area contributed by atoms with Gasteiger partial charge in [0, 0.05) is 4.47 Å². The number of sulfonamides is 1. The van der Waals surface area contributed by atoms with Gasteiger partial charge >= 0.3 is 5.97 Å². The van der Waals surface area contributed by atoms with E-state index in [9.17, 15) is 13.2 Å². The van der Waals surface area contributed by atoms with Gasteiger partial charge in [-0.25, -0.2) is 8.42 Å². The maximum atomic E-state index is 11.5. The fraction of sp³-hybridized carbons (Fsp3) is 0.300. The minimum absolute atomic E-state index is 0.425. The number of aliphatic carboxylic acids is 1. The third-order valence-electron chi connectivity index (χ3n) is 2.07. The van der Waals surface area contributed by atoms with Crippen LogP contribution in [0.25, 0.3) is 0 Å². The molecule has 0 radical (unpaired) electrons. The van der Waals surface area contributed by atoms with Crippen LogP contribution in [0.3, 0.4) is 0 Å². The van der Waals surface area contributed by atoms with Crippen LogP contribution >= 0.6 is 15.9 Å². The minimum Gasteiger partial charge on any atom is -0.480 e. The molecule has 0 saturated heterocycles. The Morgan fingerprint density at radius 2 is 1.82 bits per heavy atom. The molecule has 5 nitrogen and oxygen atoms in total. The summed E-state index contributed by atoms with van der Waals surface area (Å²) in [7, 11) is -3.86. The Balaban J connectivity index is 3.08. The lowest BCUT2D eigenvalue weighted by Gasteiger charge is -2.12. The lowest BCUT2D eigenvalue weighted by atomic mass is 10.1. The molecule has 0 aromatic heterocycles. The fourth-order valence-corrected chi connectivity index (χ4v) is 3.14. The van der Waals surface area contributed by atoms with Gasteiger partial charge in [-0.1, -0.05) is 15.9 Å². The summed E-state index contributed by atoms with van der Waals surface area (Å²) in [5, 5.41) is 8.48. The van der Waals surface area contributed by atoms with E-state index < -0.39 is 21.7 Å². The third-order valence-corrected chi connectivity index (χ3v) is 3.67. The second kappa shape index (κ2) is 5.05. The van der Waals surface area contributed by atoms with Crippen LogP contribution in [0, 0.1) is 13.8 Å². The molecule has 2 N–H and O–H groups in total. The van der Waals surface area contributed by atoms with E-state index in [0.717, 1.165) is 15.6 Å². The average molecular weight is 322 g/mol. The molecule has 7 heteroatoms. The maximum absolute atomic E-state index is 11.5. The Morgan fingerprint density at radius 1 is 1.35 bits per heavy atom. The lowest BCUT2D eigenvalue weighted by molar-refractivity contribution is -0.134. The van der Waals surface area contributed by atoms with Crippen molar-refractivity contribution >= 4 is 37.6 Å². The molecule has 0 bridgehead atoms. The number of aryl methyl sites for hydroxylation is 2. The molecule has 94 valence electrons. The number of anilines is 1. The zero-order valence-electron chi connectivity index (χ0n) is 9.32. The van der Waals surface area contributed by atoms with Crippen molar-refractivity contribution in [1.29, 1.82) is 0 Å². The Kier molecular flexibility index (Phi) is 4.16. The van der Waals surface area contributed by atoms with Gasteiger partial charge in [0.05, 0.1) is 5.69 Å². The zero-order chi connectivity index (χ0) is 13.2. The van der Waals surface area contributed by atoms with Gasteiger partial charge in [-0.2, -0.15) is 0 Å². The predicted molar refractivity (Wildman–Crippen MR) is 68.7 cm³/mol. The van der Waals surface area contributed by atoms with Crippen molar-refractivity contribution in [1.82, 2.24) is 0 Å². The normalized spacial score (nSPS) is 11.2. The topological polar surface area (TPSA) is 83.5 Å². The summed E-state index contributed by atoms with van der Waals surface area (Å²) in [6, 6.07) is 3.51. The summed E-state index contributed by atoms with van der Waals surface area (Å²) in [6.45, 7) is 3.49. The number of rotatable bonds is 4. The molecule has 1 rings (SSSR count). The van der Waals surface area contributed by atoms with E-state index in [4.69, 9.17) is 5.11 Å². The van der Waals surface area contributed by atoms with Crippen LogP contribution < -0.4 is 4.72 Å². The predicted octanol–water partition coefficient (Wildman–Crippen LogP) is 1.89. The number of hydrogen-bond donors (Lipinski definition) is 2. The van der Waals surface area contributed by atoms with E-state index in [1.54, 1.807) is 26.0 Å². The number of halogens is 1. The van der Waals surface area contributed by atoms with Crippen molar-refractivity contribution < 1.29 is 18.3 Å². The summed E-state index contributed by atoms with van der Waals surface area (Å²) >= 11 is 3.30. The van der Waals surface area contributed by atoms with Crippen molar-refractivity contribution in [3.63, 3.8) is 0 Å². The van der Waals surface area contributed by atoms with E-state index in [0.29, 0.717) is 5.69 Å². The SMILES string of the molecule is Cc1cc(Br)cc(C)c1NS(=O)(=O)CC(=O)O. The average Bonchev–Trinajstić information content (AvgIpc) is 2.09. The molecular formula is C10H12BrNO4S. The number of nitrogens with one attached hydrogen (secondary N) is 1. The van der Waals surface area contributed by atoms with Crippen molar-refractivity contribution in [3.05, 3.63) is 27.7 Å². The van der Waals surface area contributed by atoms with Crippen molar-refractivity contribution in [2.75, 3.05) is 10.5 Å². The molecule has 0 amide bonds. The van der Waals surface area contributed by atoms with Crippen LogP contribution in [-0.2, 0) is 14.8 Å². The third kappa shape index (κ3) is 4.01. The monoisotopic (exact) mass is 321 g/mol. The van der Waals surface area contributed by atoms with E-state index in [2.05, 4.69) is 20.7 Å². The first-order valence-corrected chi connectivity index (χ1v) is 7.15. The molecule has 1 aromatic rings. The number of hydrogen-bond acceptors (Lipinski definition) is 3. The van der Waals surface area contributed by atoms with E-state index in [1.807, 2.05) is 0 Å². The molecule has 0 aliphatic rings. The Morgan fingerprint density at radius 3 is 2.24 bits per heavy atom. The van der Waals surface area contributed by atoms with Gasteiger partial charge in [0.15, 0.2) is 5.75 Å². The quantitative estimate of drug-likeness (QED) is 0.887. The Hall–Kier alpha value is -1.08. The molecule has 0 aliphatic carbocycles. The van der Waals surface area contributed by atoms with E-state index in [1.165, 1.54) is 0 Å². The van der Waals surface area contributed by atoms with Crippen molar-refractivity contribution in [3.8, 4) is 0 Å². The summed E-state index contributed by atoms with van der Waals surface area (Å²) in [4.78, 5) is 10.4. The second-order valence-corrected chi connectivity index (χ2v) is 6.31. The van der Waals surface area contributed by atoms with Gasteiger partial charge in [-0.3, -0.25) is 9.52 Å². The van der Waals surface area contributed by atoms with Crippen LogP contribution in [0.5, 0.6) is 0 Å². The first kappa shape index (κ1) is 14.0. The number of carboxylic acids is 1. The van der Waals surface area contributed by atoms with Gasteiger partial charge < -0.3 is 5.11 Å². The molecule has 0 saturated carbocycles. The number of benzene rings is 1. The van der Waals surface area contributed by atoms with Gasteiger partial charge in [0.2, 0.25) is 10.0 Å². The lowest BCUT2D eigenvalue weighted by Crippen LogP contribution is -2.23. The summed E-state index contributed by atoms with van der Waals surface area (Å²) in [5.74, 6) is -2.33. The van der Waals surface area contributed by atoms with Gasteiger partial charge in [0.1, 0.15) is 0 Å². The number of carboxylic acid groups (broad SMARTS) is 1. The zero-order valence-corrected chi connectivity index (χ0v) is 11.7. The summed E-state index contributed by atoms with van der Waals surface area (Å²) in [5.41, 5.74) is 1.88. The van der Waals surface area contributed by atoms with Gasteiger partial charge in [-0.05, 0) is 37.1 Å². The second-order valence-electron chi connectivity index (χ2n) is 3.67. The molecule has 1 aromatic carbocycles. The molecule has 0 aliphatic heterocycles. The molecule has 0 spiro atoms. The van der Waals surface area contributed by atoms with Crippen LogP contribution in [0.4, 0.5) is 5.69 Å². The van der Waals surface area contributed by atoms with Crippen LogP contribution in [0.15, 0.2) is 16.6 Å². The summed E-state index contributed by atoms with van der Waals surface area (Å²) in [6.07, 6.45) is 0. The number of carbonyl (C=O) groups is 1.